The molecule has 1 N–H and O–H groups in total. The number of benzene rings is 1. The fourth-order valence-electron chi connectivity index (χ4n) is 2.00. The van der Waals surface area contributed by atoms with Gasteiger partial charge in [-0.05, 0) is 36.8 Å². The van der Waals surface area contributed by atoms with Crippen LogP contribution in [0.5, 0.6) is 0 Å². The van der Waals surface area contributed by atoms with Crippen molar-refractivity contribution >= 4 is 23.2 Å². The van der Waals surface area contributed by atoms with Gasteiger partial charge in [0.15, 0.2) is 0 Å². The van der Waals surface area contributed by atoms with Gasteiger partial charge < -0.3 is 5.32 Å². The second kappa shape index (κ2) is 6.54. The van der Waals surface area contributed by atoms with Crippen molar-refractivity contribution in [1.29, 1.82) is 0 Å². The third-order valence-corrected chi connectivity index (χ3v) is 3.72. The van der Waals surface area contributed by atoms with Crippen molar-refractivity contribution < 1.29 is 4.79 Å². The van der Waals surface area contributed by atoms with Crippen LogP contribution in [0.1, 0.15) is 15.9 Å². The molecule has 0 bridgehead atoms. The maximum atomic E-state index is 12.2. The van der Waals surface area contributed by atoms with Gasteiger partial charge in [0.25, 0.3) is 5.91 Å². The fraction of sp³-hybridized carbons (Fsp3) is 0.0588. The maximum absolute atomic E-state index is 12.2. The number of anilines is 1. The molecule has 0 aliphatic rings. The van der Waals surface area contributed by atoms with E-state index in [2.05, 4.69) is 20.3 Å². The number of rotatable bonds is 3. The molecule has 0 spiro atoms. The van der Waals surface area contributed by atoms with E-state index in [9.17, 15) is 4.79 Å². The lowest BCUT2D eigenvalue weighted by molar-refractivity contribution is 0.102. The second-order valence-electron chi connectivity index (χ2n) is 4.98. The van der Waals surface area contributed by atoms with Crippen LogP contribution >= 0.6 is 11.6 Å². The van der Waals surface area contributed by atoms with Gasteiger partial charge in [0, 0.05) is 34.9 Å². The summed E-state index contributed by atoms with van der Waals surface area (Å²) in [7, 11) is 0. The van der Waals surface area contributed by atoms with Crippen LogP contribution in [-0.4, -0.2) is 20.9 Å². The molecular weight excluding hydrogens is 312 g/mol. The summed E-state index contributed by atoms with van der Waals surface area (Å²) < 4.78 is 0. The number of hydrogen-bond donors (Lipinski definition) is 1. The molecule has 6 heteroatoms. The van der Waals surface area contributed by atoms with Gasteiger partial charge >= 0.3 is 0 Å². The maximum Gasteiger partial charge on any atom is 0.257 e. The Bertz CT molecular complexity index is 835. The van der Waals surface area contributed by atoms with Crippen molar-refractivity contribution in [1.82, 2.24) is 15.0 Å². The van der Waals surface area contributed by atoms with Gasteiger partial charge in [-0.25, -0.2) is 9.97 Å². The van der Waals surface area contributed by atoms with Crippen LogP contribution in [-0.2, 0) is 0 Å². The van der Waals surface area contributed by atoms with E-state index >= 15 is 0 Å². The SMILES string of the molecule is Cc1ccc(NC(=O)c2ccc(-c3cncnc3)nc2)cc1Cl. The van der Waals surface area contributed by atoms with Gasteiger partial charge in [0.1, 0.15) is 6.33 Å². The van der Waals surface area contributed by atoms with Crippen molar-refractivity contribution in [3.05, 3.63) is 71.4 Å². The molecule has 1 aromatic carbocycles. The van der Waals surface area contributed by atoms with E-state index in [4.69, 9.17) is 11.6 Å². The van der Waals surface area contributed by atoms with Crippen LogP contribution < -0.4 is 5.32 Å². The zero-order valence-electron chi connectivity index (χ0n) is 12.3. The number of aromatic nitrogens is 3. The Morgan fingerprint density at radius 2 is 1.87 bits per heavy atom. The number of nitrogens with one attached hydrogen (secondary N) is 1. The predicted octanol–water partition coefficient (Wildman–Crippen LogP) is 3.75. The molecule has 1 amide bonds. The van der Waals surface area contributed by atoms with Crippen molar-refractivity contribution in [2.75, 3.05) is 5.32 Å². The second-order valence-corrected chi connectivity index (χ2v) is 5.38. The highest BCUT2D eigenvalue weighted by Gasteiger charge is 2.08. The standard InChI is InChI=1S/C17H13ClN4O/c1-11-2-4-14(6-15(11)18)22-17(23)12-3-5-16(21-9-12)13-7-19-10-20-8-13/h2-10H,1H3,(H,22,23). The molecule has 2 aromatic heterocycles. The fourth-order valence-corrected chi connectivity index (χ4v) is 2.18. The average Bonchev–Trinajstić information content (AvgIpc) is 2.59. The smallest absolute Gasteiger partial charge is 0.257 e. The van der Waals surface area contributed by atoms with E-state index in [1.807, 2.05) is 19.1 Å². The first-order chi connectivity index (χ1) is 11.1. The van der Waals surface area contributed by atoms with Gasteiger partial charge in [0.05, 0.1) is 11.3 Å². The normalized spacial score (nSPS) is 10.3. The average molecular weight is 325 g/mol. The number of halogens is 1. The molecule has 23 heavy (non-hydrogen) atoms. The lowest BCUT2D eigenvalue weighted by Crippen LogP contribution is -2.12. The number of amides is 1. The van der Waals surface area contributed by atoms with Crippen molar-refractivity contribution in [2.24, 2.45) is 0 Å². The molecule has 2 heterocycles. The first-order valence-electron chi connectivity index (χ1n) is 6.92. The third kappa shape index (κ3) is 3.52. The Labute approximate surface area is 138 Å². The van der Waals surface area contributed by atoms with E-state index in [0.717, 1.165) is 11.1 Å². The number of carbonyl (C=O) groups excluding carboxylic acids is 1. The summed E-state index contributed by atoms with van der Waals surface area (Å²) in [4.78, 5) is 24.4. The number of hydrogen-bond acceptors (Lipinski definition) is 4. The zero-order chi connectivity index (χ0) is 16.2. The topological polar surface area (TPSA) is 67.8 Å². The third-order valence-electron chi connectivity index (χ3n) is 3.31. The molecule has 0 aliphatic carbocycles. The van der Waals surface area contributed by atoms with E-state index < -0.39 is 0 Å². The highest BCUT2D eigenvalue weighted by Crippen LogP contribution is 2.21. The predicted molar refractivity (Wildman–Crippen MR) is 89.4 cm³/mol. The van der Waals surface area contributed by atoms with Crippen LogP contribution in [0.2, 0.25) is 5.02 Å². The van der Waals surface area contributed by atoms with Gasteiger partial charge in [0.2, 0.25) is 0 Å². The van der Waals surface area contributed by atoms with Crippen LogP contribution in [0.4, 0.5) is 5.69 Å². The molecule has 0 atom stereocenters. The molecular formula is C17H13ClN4O. The minimum Gasteiger partial charge on any atom is -0.322 e. The molecule has 0 saturated carbocycles. The Hall–Kier alpha value is -2.79. The van der Waals surface area contributed by atoms with Crippen molar-refractivity contribution in [3.63, 3.8) is 0 Å². The first-order valence-corrected chi connectivity index (χ1v) is 7.30. The lowest BCUT2D eigenvalue weighted by Gasteiger charge is -2.07. The van der Waals surface area contributed by atoms with E-state index in [1.165, 1.54) is 12.5 Å². The number of carbonyl (C=O) groups is 1. The van der Waals surface area contributed by atoms with E-state index in [0.29, 0.717) is 22.0 Å². The Morgan fingerprint density at radius 1 is 1.09 bits per heavy atom. The van der Waals surface area contributed by atoms with Gasteiger partial charge in [-0.15, -0.1) is 0 Å². The summed E-state index contributed by atoms with van der Waals surface area (Å²) in [6, 6.07) is 8.85. The summed E-state index contributed by atoms with van der Waals surface area (Å²) in [5.41, 5.74) is 3.57. The van der Waals surface area contributed by atoms with Crippen LogP contribution in [0.15, 0.2) is 55.2 Å². The monoisotopic (exact) mass is 324 g/mol. The Kier molecular flexibility index (Phi) is 4.30. The molecule has 114 valence electrons. The summed E-state index contributed by atoms with van der Waals surface area (Å²) in [5.74, 6) is -0.242. The van der Waals surface area contributed by atoms with Crippen LogP contribution in [0.3, 0.4) is 0 Å². The van der Waals surface area contributed by atoms with Crippen molar-refractivity contribution in [3.8, 4) is 11.3 Å². The molecule has 3 aromatic rings. The highest BCUT2D eigenvalue weighted by molar-refractivity contribution is 6.31. The van der Waals surface area contributed by atoms with Gasteiger partial charge in [-0.2, -0.15) is 0 Å². The molecule has 0 fully saturated rings. The first kappa shape index (κ1) is 15.1. The molecule has 0 radical (unpaired) electrons. The molecule has 0 unspecified atom stereocenters. The lowest BCUT2D eigenvalue weighted by atomic mass is 10.1. The minimum absolute atomic E-state index is 0.242. The van der Waals surface area contributed by atoms with E-state index in [1.54, 1.807) is 30.6 Å². The molecule has 0 saturated heterocycles. The number of nitrogens with zero attached hydrogens (tertiary/aromatic N) is 3. The summed E-state index contributed by atoms with van der Waals surface area (Å²) in [5, 5.41) is 3.41. The molecule has 0 aliphatic heterocycles. The van der Waals surface area contributed by atoms with Crippen LogP contribution in [0, 0.1) is 6.92 Å². The summed E-state index contributed by atoms with van der Waals surface area (Å²) in [6.45, 7) is 1.91. The van der Waals surface area contributed by atoms with Gasteiger partial charge in [-0.3, -0.25) is 9.78 Å². The van der Waals surface area contributed by atoms with Gasteiger partial charge in [-0.1, -0.05) is 17.7 Å². The number of pyridine rings is 1. The molecule has 3 rings (SSSR count). The van der Waals surface area contributed by atoms with Crippen molar-refractivity contribution in [2.45, 2.75) is 6.92 Å². The molecule has 5 nitrogen and oxygen atoms in total. The quantitative estimate of drug-likeness (QED) is 0.796. The number of aryl methyl sites for hydroxylation is 1. The highest BCUT2D eigenvalue weighted by atomic mass is 35.5. The summed E-state index contributed by atoms with van der Waals surface area (Å²) in [6.07, 6.45) is 6.32. The minimum atomic E-state index is -0.242. The Balaban J connectivity index is 1.76. The summed E-state index contributed by atoms with van der Waals surface area (Å²) >= 11 is 6.06. The van der Waals surface area contributed by atoms with Crippen LogP contribution in [0.25, 0.3) is 11.3 Å². The largest absolute Gasteiger partial charge is 0.322 e. The van der Waals surface area contributed by atoms with E-state index in [-0.39, 0.29) is 5.91 Å². The Morgan fingerprint density at radius 3 is 2.52 bits per heavy atom. The zero-order valence-corrected chi connectivity index (χ0v) is 13.1.